The fraction of sp³-hybridized carbons (Fsp3) is 0. The molecule has 3 rings (SSSR count). The summed E-state index contributed by atoms with van der Waals surface area (Å²) in [6.45, 7) is 0. The van der Waals surface area contributed by atoms with Crippen molar-refractivity contribution in [1.82, 2.24) is 0 Å². The maximum atomic E-state index is 12.9. The Balaban J connectivity index is 2.28. The highest BCUT2D eigenvalue weighted by Crippen LogP contribution is 2.31. The predicted molar refractivity (Wildman–Crippen MR) is 76.2 cm³/mol. The van der Waals surface area contributed by atoms with Crippen LogP contribution < -0.4 is 5.43 Å². The van der Waals surface area contributed by atoms with Crippen LogP contribution in [-0.2, 0) is 0 Å². The average Bonchev–Trinajstić information content (AvgIpc) is 2.51. The van der Waals surface area contributed by atoms with Crippen LogP contribution in [0.3, 0.4) is 0 Å². The highest BCUT2D eigenvalue weighted by molar-refractivity contribution is 5.83. The van der Waals surface area contributed by atoms with Gasteiger partial charge in [-0.05, 0) is 30.3 Å². The van der Waals surface area contributed by atoms with Crippen molar-refractivity contribution in [3.63, 3.8) is 0 Å². The number of hydrogen-bond donors (Lipinski definition) is 1. The van der Waals surface area contributed by atoms with Gasteiger partial charge in [0, 0.05) is 17.7 Å². The zero-order valence-corrected chi connectivity index (χ0v) is 10.9. The van der Waals surface area contributed by atoms with E-state index in [1.54, 1.807) is 0 Å². The molecule has 0 amide bonds. The molecule has 0 atom stereocenters. The molecule has 22 heavy (non-hydrogen) atoms. The lowest BCUT2D eigenvalue weighted by Crippen LogP contribution is -2.03. The average molecular weight is 301 g/mol. The highest BCUT2D eigenvalue weighted by atomic mass is 19.1. The number of fused-ring (bicyclic) bond motifs is 1. The van der Waals surface area contributed by atoms with Crippen LogP contribution in [0.1, 0.15) is 0 Å². The summed E-state index contributed by atoms with van der Waals surface area (Å²) in [5, 5.41) is 20.6. The van der Waals surface area contributed by atoms with Gasteiger partial charge >= 0.3 is 0 Å². The summed E-state index contributed by atoms with van der Waals surface area (Å²) in [6.07, 6.45) is 0. The number of rotatable bonds is 2. The molecule has 0 saturated carbocycles. The lowest BCUT2D eigenvalue weighted by molar-refractivity contribution is -0.384. The Bertz CT molecular complexity index is 947. The predicted octanol–water partition coefficient (Wildman–Crippen LogP) is 3.21. The van der Waals surface area contributed by atoms with E-state index in [9.17, 15) is 24.4 Å². The Kier molecular flexibility index (Phi) is 3.10. The van der Waals surface area contributed by atoms with Crippen LogP contribution in [-0.4, -0.2) is 10.0 Å². The molecule has 0 unspecified atom stereocenters. The molecule has 1 N–H and O–H groups in total. The minimum atomic E-state index is -0.788. The van der Waals surface area contributed by atoms with Crippen molar-refractivity contribution >= 4 is 16.7 Å². The molecule has 0 aliphatic carbocycles. The molecule has 2 aromatic carbocycles. The quantitative estimate of drug-likeness (QED) is 0.579. The topological polar surface area (TPSA) is 93.6 Å². The van der Waals surface area contributed by atoms with E-state index in [4.69, 9.17) is 4.42 Å². The number of hydrogen-bond acceptors (Lipinski definition) is 5. The second-order valence-electron chi connectivity index (χ2n) is 4.55. The third-order valence-electron chi connectivity index (χ3n) is 3.17. The molecule has 1 heterocycles. The second kappa shape index (κ2) is 4.96. The van der Waals surface area contributed by atoms with Crippen LogP contribution in [0.5, 0.6) is 5.75 Å². The summed E-state index contributed by atoms with van der Waals surface area (Å²) in [5.41, 5.74) is -0.665. The van der Waals surface area contributed by atoms with E-state index in [2.05, 4.69) is 0 Å². The first-order valence-electron chi connectivity index (χ1n) is 6.17. The van der Waals surface area contributed by atoms with Crippen molar-refractivity contribution in [2.24, 2.45) is 0 Å². The number of non-ortho nitro benzene ring substituents is 1. The molecule has 0 spiro atoms. The fourth-order valence-corrected chi connectivity index (χ4v) is 2.08. The number of nitro benzene ring substituents is 1. The monoisotopic (exact) mass is 301 g/mol. The van der Waals surface area contributed by atoms with Gasteiger partial charge in [0.1, 0.15) is 11.4 Å². The normalized spacial score (nSPS) is 10.8. The first-order chi connectivity index (χ1) is 10.5. The highest BCUT2D eigenvalue weighted by Gasteiger charge is 2.17. The third-order valence-corrected chi connectivity index (χ3v) is 3.17. The molecule has 1 aromatic heterocycles. The van der Waals surface area contributed by atoms with Crippen LogP contribution in [0.15, 0.2) is 51.7 Å². The largest absolute Gasteiger partial charge is 0.502 e. The number of nitro groups is 1. The third kappa shape index (κ3) is 2.18. The van der Waals surface area contributed by atoms with Crippen LogP contribution in [0, 0.1) is 15.9 Å². The van der Waals surface area contributed by atoms with Crippen LogP contribution in [0.4, 0.5) is 10.1 Å². The van der Waals surface area contributed by atoms with Crippen LogP contribution in [0.2, 0.25) is 0 Å². The van der Waals surface area contributed by atoms with Crippen molar-refractivity contribution in [3.05, 3.63) is 68.6 Å². The molecule has 0 saturated heterocycles. The lowest BCUT2D eigenvalue weighted by Gasteiger charge is -2.05. The van der Waals surface area contributed by atoms with Gasteiger partial charge in [0.2, 0.25) is 11.2 Å². The van der Waals surface area contributed by atoms with Crippen molar-refractivity contribution in [3.8, 4) is 17.1 Å². The van der Waals surface area contributed by atoms with Gasteiger partial charge in [0.25, 0.3) is 5.69 Å². The van der Waals surface area contributed by atoms with Gasteiger partial charge in [0.05, 0.1) is 10.3 Å². The molecule has 3 aromatic rings. The summed E-state index contributed by atoms with van der Waals surface area (Å²) in [6, 6.07) is 8.53. The van der Waals surface area contributed by atoms with Crippen molar-refractivity contribution in [2.45, 2.75) is 0 Å². The Morgan fingerprint density at radius 2 is 1.82 bits per heavy atom. The van der Waals surface area contributed by atoms with E-state index in [0.29, 0.717) is 5.56 Å². The molecule has 0 fully saturated rings. The minimum Gasteiger partial charge on any atom is -0.502 e. The van der Waals surface area contributed by atoms with E-state index in [-0.39, 0.29) is 22.4 Å². The SMILES string of the molecule is O=c1c(O)c(-c2ccc(F)cc2)oc2ccc([N+](=O)[O-])cc12. The summed E-state index contributed by atoms with van der Waals surface area (Å²) >= 11 is 0. The smallest absolute Gasteiger partial charge is 0.270 e. The minimum absolute atomic E-state index is 0.0905. The zero-order valence-electron chi connectivity index (χ0n) is 10.9. The summed E-state index contributed by atoms with van der Waals surface area (Å²) in [7, 11) is 0. The van der Waals surface area contributed by atoms with Crippen molar-refractivity contribution in [1.29, 1.82) is 0 Å². The number of halogens is 1. The molecule has 0 radical (unpaired) electrons. The molecular weight excluding hydrogens is 293 g/mol. The molecule has 110 valence electrons. The first kappa shape index (κ1) is 13.7. The van der Waals surface area contributed by atoms with E-state index in [0.717, 1.165) is 18.2 Å². The van der Waals surface area contributed by atoms with E-state index >= 15 is 0 Å². The molecule has 7 heteroatoms. The zero-order chi connectivity index (χ0) is 15.9. The van der Waals surface area contributed by atoms with Gasteiger partial charge in [0.15, 0.2) is 5.76 Å². The molecule has 0 aliphatic rings. The standard InChI is InChI=1S/C15H8FNO5/c16-9-3-1-8(2-4-9)15-14(19)13(18)11-7-10(17(20)21)5-6-12(11)22-15/h1-7,19H. The maximum absolute atomic E-state index is 12.9. The van der Waals surface area contributed by atoms with Gasteiger partial charge in [-0.3, -0.25) is 14.9 Å². The fourth-order valence-electron chi connectivity index (χ4n) is 2.08. The number of benzene rings is 2. The summed E-state index contributed by atoms with van der Waals surface area (Å²) < 4.78 is 18.4. The summed E-state index contributed by atoms with van der Waals surface area (Å²) in [5.74, 6) is -1.27. The number of aromatic hydroxyl groups is 1. The van der Waals surface area contributed by atoms with Gasteiger partial charge in [-0.15, -0.1) is 0 Å². The first-order valence-corrected chi connectivity index (χ1v) is 6.17. The molecule has 0 bridgehead atoms. The van der Waals surface area contributed by atoms with Gasteiger partial charge in [-0.25, -0.2) is 4.39 Å². The Morgan fingerprint density at radius 1 is 1.14 bits per heavy atom. The lowest BCUT2D eigenvalue weighted by atomic mass is 10.1. The van der Waals surface area contributed by atoms with E-state index in [1.165, 1.54) is 24.3 Å². The van der Waals surface area contributed by atoms with Gasteiger partial charge in [-0.2, -0.15) is 0 Å². The van der Waals surface area contributed by atoms with Gasteiger partial charge in [-0.1, -0.05) is 0 Å². The Labute approximate surface area is 122 Å². The van der Waals surface area contributed by atoms with Crippen molar-refractivity contribution < 1.29 is 18.8 Å². The van der Waals surface area contributed by atoms with Crippen LogP contribution in [0.25, 0.3) is 22.3 Å². The van der Waals surface area contributed by atoms with E-state index < -0.39 is 21.9 Å². The van der Waals surface area contributed by atoms with E-state index in [1.807, 2.05) is 0 Å². The molecule has 0 aliphatic heterocycles. The van der Waals surface area contributed by atoms with Crippen LogP contribution >= 0.6 is 0 Å². The van der Waals surface area contributed by atoms with Gasteiger partial charge < -0.3 is 9.52 Å². The second-order valence-corrected chi connectivity index (χ2v) is 4.55. The Morgan fingerprint density at radius 3 is 2.45 bits per heavy atom. The van der Waals surface area contributed by atoms with Crippen molar-refractivity contribution in [2.75, 3.05) is 0 Å². The maximum Gasteiger partial charge on any atom is 0.270 e. The molecule has 6 nitrogen and oxygen atoms in total. The Hall–Kier alpha value is -3.22. The molecular formula is C15H8FNO5. The summed E-state index contributed by atoms with van der Waals surface area (Å²) in [4.78, 5) is 22.2. The number of nitrogens with zero attached hydrogens (tertiary/aromatic N) is 1.